The predicted octanol–water partition coefficient (Wildman–Crippen LogP) is 2.41. The number of carboxylic acid groups (broad SMARTS) is 1. The third kappa shape index (κ3) is 1.74. The third-order valence-electron chi connectivity index (χ3n) is 2.46. The highest BCUT2D eigenvalue weighted by Crippen LogP contribution is 2.29. The molecule has 0 aromatic carbocycles. The number of aromatic carboxylic acids is 1. The lowest BCUT2D eigenvalue weighted by Gasteiger charge is -1.95. The van der Waals surface area contributed by atoms with E-state index in [0.29, 0.717) is 0 Å². The molecule has 0 fully saturated rings. The number of carbonyl (C=O) groups is 1. The Morgan fingerprint density at radius 1 is 1.62 bits per heavy atom. The molecular formula is C11H12N2O2S. The average Bonchev–Trinajstić information content (AvgIpc) is 2.82. The smallest absolute Gasteiger partial charge is 0.354 e. The molecule has 0 radical (unpaired) electrons. The summed E-state index contributed by atoms with van der Waals surface area (Å²) < 4.78 is 1.40. The van der Waals surface area contributed by atoms with Crippen molar-refractivity contribution >= 4 is 17.3 Å². The van der Waals surface area contributed by atoms with E-state index in [1.165, 1.54) is 10.2 Å². The van der Waals surface area contributed by atoms with Gasteiger partial charge in [-0.15, -0.1) is 11.3 Å². The van der Waals surface area contributed by atoms with Crippen LogP contribution < -0.4 is 0 Å². The third-order valence-corrected chi connectivity index (χ3v) is 3.44. The summed E-state index contributed by atoms with van der Waals surface area (Å²) in [5, 5.41) is 15.2. The molecule has 0 spiro atoms. The summed E-state index contributed by atoms with van der Waals surface area (Å²) in [5.74, 6) is -0.948. The molecule has 2 aromatic rings. The number of carboxylic acids is 1. The van der Waals surface area contributed by atoms with Gasteiger partial charge in [0.15, 0.2) is 0 Å². The molecule has 0 aliphatic rings. The van der Waals surface area contributed by atoms with Crippen LogP contribution >= 0.6 is 11.3 Å². The first-order valence-corrected chi connectivity index (χ1v) is 5.85. The van der Waals surface area contributed by atoms with Crippen molar-refractivity contribution in [3.63, 3.8) is 0 Å². The van der Waals surface area contributed by atoms with Crippen molar-refractivity contribution in [1.82, 2.24) is 9.78 Å². The fraction of sp³-hybridized carbons (Fsp3) is 0.273. The van der Waals surface area contributed by atoms with E-state index in [1.54, 1.807) is 24.5 Å². The topological polar surface area (TPSA) is 55.1 Å². The minimum Gasteiger partial charge on any atom is -0.477 e. The number of hydrogen-bond donors (Lipinski definition) is 1. The van der Waals surface area contributed by atoms with Gasteiger partial charge < -0.3 is 5.11 Å². The normalized spacial score (nSPS) is 10.6. The van der Waals surface area contributed by atoms with Crippen LogP contribution in [0.4, 0.5) is 0 Å². The van der Waals surface area contributed by atoms with E-state index in [-0.39, 0.29) is 5.69 Å². The maximum atomic E-state index is 10.9. The van der Waals surface area contributed by atoms with Gasteiger partial charge in [-0.25, -0.2) is 4.79 Å². The van der Waals surface area contributed by atoms with Crippen LogP contribution in [0, 0.1) is 0 Å². The Bertz CT molecular complexity index is 528. The molecule has 0 aliphatic carbocycles. The highest BCUT2D eigenvalue weighted by molar-refractivity contribution is 7.13. The largest absolute Gasteiger partial charge is 0.477 e. The van der Waals surface area contributed by atoms with Crippen LogP contribution in [-0.2, 0) is 13.5 Å². The minimum atomic E-state index is -0.948. The maximum Gasteiger partial charge on any atom is 0.354 e. The van der Waals surface area contributed by atoms with Gasteiger partial charge >= 0.3 is 5.97 Å². The number of thiophene rings is 1. The highest BCUT2D eigenvalue weighted by atomic mass is 32.1. The molecule has 84 valence electrons. The SMILES string of the molecule is CCc1ccsc1-c1cc(C(=O)O)n(C)n1. The van der Waals surface area contributed by atoms with Gasteiger partial charge in [0.1, 0.15) is 11.4 Å². The van der Waals surface area contributed by atoms with Crippen LogP contribution in [-0.4, -0.2) is 20.9 Å². The lowest BCUT2D eigenvalue weighted by Crippen LogP contribution is -2.04. The summed E-state index contributed by atoms with van der Waals surface area (Å²) in [7, 11) is 1.65. The van der Waals surface area contributed by atoms with Gasteiger partial charge in [0.2, 0.25) is 0 Å². The molecule has 0 amide bonds. The molecule has 5 heteroatoms. The Balaban J connectivity index is 2.49. The van der Waals surface area contributed by atoms with E-state index in [4.69, 9.17) is 5.11 Å². The lowest BCUT2D eigenvalue weighted by atomic mass is 10.1. The van der Waals surface area contributed by atoms with E-state index < -0.39 is 5.97 Å². The molecule has 2 heterocycles. The molecular weight excluding hydrogens is 224 g/mol. The van der Waals surface area contributed by atoms with Crippen LogP contribution in [0.1, 0.15) is 23.0 Å². The summed E-state index contributed by atoms with van der Waals surface area (Å²) in [5.41, 5.74) is 2.16. The fourth-order valence-corrected chi connectivity index (χ4v) is 2.57. The number of aromatic nitrogens is 2. The predicted molar refractivity (Wildman–Crippen MR) is 62.9 cm³/mol. The van der Waals surface area contributed by atoms with Crippen LogP contribution in [0.3, 0.4) is 0 Å². The van der Waals surface area contributed by atoms with Crippen LogP contribution in [0.5, 0.6) is 0 Å². The average molecular weight is 236 g/mol. The summed E-state index contributed by atoms with van der Waals surface area (Å²) in [6.45, 7) is 2.08. The number of aryl methyl sites for hydroxylation is 2. The van der Waals surface area contributed by atoms with E-state index in [0.717, 1.165) is 17.0 Å². The van der Waals surface area contributed by atoms with Crippen molar-refractivity contribution in [3.8, 4) is 10.6 Å². The lowest BCUT2D eigenvalue weighted by molar-refractivity contribution is 0.0685. The Morgan fingerprint density at radius 3 is 2.94 bits per heavy atom. The van der Waals surface area contributed by atoms with Crippen molar-refractivity contribution in [2.24, 2.45) is 7.05 Å². The Hall–Kier alpha value is -1.62. The zero-order valence-electron chi connectivity index (χ0n) is 9.10. The van der Waals surface area contributed by atoms with Gasteiger partial charge in [-0.2, -0.15) is 5.10 Å². The molecule has 0 unspecified atom stereocenters. The zero-order valence-corrected chi connectivity index (χ0v) is 9.91. The molecule has 0 saturated carbocycles. The molecule has 16 heavy (non-hydrogen) atoms. The first kappa shape index (κ1) is 10.9. The second-order valence-electron chi connectivity index (χ2n) is 3.47. The van der Waals surface area contributed by atoms with Crippen molar-refractivity contribution in [3.05, 3.63) is 28.8 Å². The first-order valence-electron chi connectivity index (χ1n) is 4.97. The quantitative estimate of drug-likeness (QED) is 0.890. The molecule has 4 nitrogen and oxygen atoms in total. The Labute approximate surface area is 97.2 Å². The summed E-state index contributed by atoms with van der Waals surface area (Å²) in [6, 6.07) is 3.67. The Kier molecular flexibility index (Phi) is 2.78. The molecule has 0 bridgehead atoms. The second-order valence-corrected chi connectivity index (χ2v) is 4.39. The molecule has 0 saturated heterocycles. The monoisotopic (exact) mass is 236 g/mol. The molecule has 0 aliphatic heterocycles. The zero-order chi connectivity index (χ0) is 11.7. The van der Waals surface area contributed by atoms with Crippen LogP contribution in [0.25, 0.3) is 10.6 Å². The Morgan fingerprint density at radius 2 is 2.38 bits per heavy atom. The second kappa shape index (κ2) is 4.09. The number of hydrogen-bond acceptors (Lipinski definition) is 3. The summed E-state index contributed by atoms with van der Waals surface area (Å²) in [6.07, 6.45) is 0.928. The van der Waals surface area contributed by atoms with E-state index >= 15 is 0 Å². The standard InChI is InChI=1S/C11H12N2O2S/c1-3-7-4-5-16-10(7)8-6-9(11(14)15)13(2)12-8/h4-6H,3H2,1-2H3,(H,14,15). The first-order chi connectivity index (χ1) is 7.63. The number of rotatable bonds is 3. The van der Waals surface area contributed by atoms with Gasteiger partial charge in [-0.3, -0.25) is 4.68 Å². The maximum absolute atomic E-state index is 10.9. The van der Waals surface area contributed by atoms with Gasteiger partial charge in [0, 0.05) is 7.05 Å². The number of nitrogens with zero attached hydrogens (tertiary/aromatic N) is 2. The van der Waals surface area contributed by atoms with Gasteiger partial charge in [0.25, 0.3) is 0 Å². The molecule has 2 rings (SSSR count). The van der Waals surface area contributed by atoms with E-state index in [9.17, 15) is 4.79 Å². The summed E-state index contributed by atoms with van der Waals surface area (Å²) >= 11 is 1.59. The molecule has 0 atom stereocenters. The van der Waals surface area contributed by atoms with Crippen molar-refractivity contribution in [2.45, 2.75) is 13.3 Å². The van der Waals surface area contributed by atoms with Crippen molar-refractivity contribution in [2.75, 3.05) is 0 Å². The van der Waals surface area contributed by atoms with Gasteiger partial charge in [0.05, 0.1) is 4.88 Å². The highest BCUT2D eigenvalue weighted by Gasteiger charge is 2.15. The van der Waals surface area contributed by atoms with Crippen molar-refractivity contribution < 1.29 is 9.90 Å². The van der Waals surface area contributed by atoms with Crippen LogP contribution in [0.2, 0.25) is 0 Å². The molecule has 1 N–H and O–H groups in total. The fourth-order valence-electron chi connectivity index (χ4n) is 1.62. The van der Waals surface area contributed by atoms with Crippen LogP contribution in [0.15, 0.2) is 17.5 Å². The summed E-state index contributed by atoms with van der Waals surface area (Å²) in [4.78, 5) is 12.0. The van der Waals surface area contributed by atoms with Gasteiger partial charge in [-0.1, -0.05) is 6.92 Å². The van der Waals surface area contributed by atoms with Crippen molar-refractivity contribution in [1.29, 1.82) is 0 Å². The van der Waals surface area contributed by atoms with E-state index in [1.807, 2.05) is 5.38 Å². The minimum absolute atomic E-state index is 0.213. The molecule has 2 aromatic heterocycles. The van der Waals surface area contributed by atoms with E-state index in [2.05, 4.69) is 18.1 Å². The van der Waals surface area contributed by atoms with Gasteiger partial charge in [-0.05, 0) is 29.5 Å².